The number of aryl methyl sites for hydroxylation is 1. The maximum atomic E-state index is 14.0. The Hall–Kier alpha value is -2.96. The average molecular weight is 339 g/mol. The number of aromatic nitrogens is 4. The van der Waals surface area contributed by atoms with E-state index in [0.29, 0.717) is 23.5 Å². The largest absolute Gasteiger partial charge is 0.346 e. The van der Waals surface area contributed by atoms with Gasteiger partial charge >= 0.3 is 0 Å². The smallest absolute Gasteiger partial charge is 0.255 e. The summed E-state index contributed by atoms with van der Waals surface area (Å²) in [5.74, 6) is 0.469. The highest BCUT2D eigenvalue weighted by Gasteiger charge is 2.19. The summed E-state index contributed by atoms with van der Waals surface area (Å²) in [4.78, 5) is 16.9. The third kappa shape index (κ3) is 2.71. The summed E-state index contributed by atoms with van der Waals surface area (Å²) < 4.78 is 17.5. The molecular weight excluding hydrogens is 321 g/mol. The van der Waals surface area contributed by atoms with Gasteiger partial charge in [0.15, 0.2) is 0 Å². The topological polar surface area (TPSA) is 64.7 Å². The first-order valence-corrected chi connectivity index (χ1v) is 8.26. The Morgan fingerprint density at radius 2 is 2.16 bits per heavy atom. The van der Waals surface area contributed by atoms with Gasteiger partial charge in [0.2, 0.25) is 0 Å². The fourth-order valence-electron chi connectivity index (χ4n) is 3.23. The molecule has 0 radical (unpaired) electrons. The lowest BCUT2D eigenvalue weighted by atomic mass is 10.2. The lowest BCUT2D eigenvalue weighted by Crippen LogP contribution is -2.24. The molecule has 6 nitrogen and oxygen atoms in total. The van der Waals surface area contributed by atoms with Gasteiger partial charge in [-0.25, -0.2) is 14.1 Å². The minimum Gasteiger partial charge on any atom is -0.346 e. The van der Waals surface area contributed by atoms with Crippen LogP contribution >= 0.6 is 0 Å². The SMILES string of the molecule is Cc1c(C(=O)NCc2cnc3n2CCC3)cnn1-c1ccccc1F. The van der Waals surface area contributed by atoms with Gasteiger partial charge in [-0.05, 0) is 25.5 Å². The van der Waals surface area contributed by atoms with Gasteiger partial charge in [0.1, 0.15) is 17.3 Å². The van der Waals surface area contributed by atoms with Crippen LogP contribution in [0.4, 0.5) is 4.39 Å². The lowest BCUT2D eigenvalue weighted by molar-refractivity contribution is 0.0949. The van der Waals surface area contributed by atoms with E-state index in [0.717, 1.165) is 30.9 Å². The number of carbonyl (C=O) groups excluding carboxylic acids is 1. The molecule has 3 heterocycles. The molecule has 1 amide bonds. The molecule has 0 saturated heterocycles. The van der Waals surface area contributed by atoms with Crippen molar-refractivity contribution < 1.29 is 9.18 Å². The number of nitrogens with one attached hydrogen (secondary N) is 1. The highest BCUT2D eigenvalue weighted by molar-refractivity contribution is 5.95. The van der Waals surface area contributed by atoms with Crippen LogP contribution in [0, 0.1) is 12.7 Å². The standard InChI is InChI=1S/C18H18FN5O/c1-12-14(11-22-24(12)16-6-3-2-5-15(16)19)18(25)21-10-13-9-20-17-7-4-8-23(13)17/h2-3,5-6,9,11H,4,7-8,10H2,1H3,(H,21,25). The number of para-hydroxylation sites is 1. The van der Waals surface area contributed by atoms with Crippen molar-refractivity contribution in [2.75, 3.05) is 0 Å². The molecular formula is C18H18FN5O. The van der Waals surface area contributed by atoms with E-state index < -0.39 is 0 Å². The summed E-state index contributed by atoms with van der Waals surface area (Å²) >= 11 is 0. The zero-order valence-electron chi connectivity index (χ0n) is 13.9. The number of rotatable bonds is 4. The minimum atomic E-state index is -0.379. The van der Waals surface area contributed by atoms with Crippen LogP contribution in [0.5, 0.6) is 0 Å². The molecule has 3 aromatic rings. The zero-order chi connectivity index (χ0) is 17.4. The van der Waals surface area contributed by atoms with Crippen molar-refractivity contribution in [2.24, 2.45) is 0 Å². The van der Waals surface area contributed by atoms with Crippen molar-refractivity contribution in [2.45, 2.75) is 32.9 Å². The highest BCUT2D eigenvalue weighted by atomic mass is 19.1. The fourth-order valence-corrected chi connectivity index (χ4v) is 3.23. The van der Waals surface area contributed by atoms with Gasteiger partial charge in [0, 0.05) is 13.0 Å². The number of carbonyl (C=O) groups is 1. The third-order valence-corrected chi connectivity index (χ3v) is 4.57. The Balaban J connectivity index is 1.52. The molecule has 0 atom stereocenters. The Labute approximate surface area is 144 Å². The molecule has 4 rings (SSSR count). The summed E-state index contributed by atoms with van der Waals surface area (Å²) in [6.07, 6.45) is 5.36. The van der Waals surface area contributed by atoms with E-state index in [9.17, 15) is 9.18 Å². The molecule has 128 valence electrons. The van der Waals surface area contributed by atoms with Gasteiger partial charge < -0.3 is 9.88 Å². The van der Waals surface area contributed by atoms with Gasteiger partial charge in [0.25, 0.3) is 5.91 Å². The maximum Gasteiger partial charge on any atom is 0.255 e. The summed E-state index contributed by atoms with van der Waals surface area (Å²) in [6, 6.07) is 6.36. The van der Waals surface area contributed by atoms with Gasteiger partial charge in [0.05, 0.1) is 35.9 Å². The molecule has 0 fully saturated rings. The normalized spacial score (nSPS) is 13.0. The molecule has 2 aromatic heterocycles. The fraction of sp³-hybridized carbons (Fsp3) is 0.278. The predicted molar refractivity (Wildman–Crippen MR) is 90.0 cm³/mol. The first-order chi connectivity index (χ1) is 12.1. The van der Waals surface area contributed by atoms with Gasteiger partial charge in [-0.3, -0.25) is 4.79 Å². The molecule has 1 N–H and O–H groups in total. The molecule has 1 aliphatic heterocycles. The van der Waals surface area contributed by atoms with Crippen LogP contribution in [0.25, 0.3) is 5.69 Å². The Morgan fingerprint density at radius 1 is 1.32 bits per heavy atom. The minimum absolute atomic E-state index is 0.228. The summed E-state index contributed by atoms with van der Waals surface area (Å²) in [6.45, 7) is 3.12. The average Bonchev–Trinajstić information content (AvgIpc) is 3.29. The number of benzene rings is 1. The number of nitrogens with zero attached hydrogens (tertiary/aromatic N) is 4. The summed E-state index contributed by atoms with van der Waals surface area (Å²) in [5.41, 5.74) is 2.36. The molecule has 0 bridgehead atoms. The van der Waals surface area contributed by atoms with E-state index in [1.165, 1.54) is 16.9 Å². The van der Waals surface area contributed by atoms with Gasteiger partial charge in [-0.1, -0.05) is 12.1 Å². The first kappa shape index (κ1) is 15.6. The van der Waals surface area contributed by atoms with Crippen LogP contribution in [-0.4, -0.2) is 25.2 Å². The van der Waals surface area contributed by atoms with Gasteiger partial charge in [-0.2, -0.15) is 5.10 Å². The second-order valence-corrected chi connectivity index (χ2v) is 6.11. The van der Waals surface area contributed by atoms with E-state index >= 15 is 0 Å². The van der Waals surface area contributed by atoms with E-state index in [4.69, 9.17) is 0 Å². The maximum absolute atomic E-state index is 14.0. The van der Waals surface area contributed by atoms with Crippen molar-refractivity contribution in [1.29, 1.82) is 0 Å². The summed E-state index contributed by atoms with van der Waals surface area (Å²) in [7, 11) is 0. The number of amides is 1. The summed E-state index contributed by atoms with van der Waals surface area (Å²) in [5, 5.41) is 7.07. The van der Waals surface area contributed by atoms with Crippen LogP contribution in [0.2, 0.25) is 0 Å². The number of imidazole rings is 1. The first-order valence-electron chi connectivity index (χ1n) is 8.26. The van der Waals surface area contributed by atoms with Crippen molar-refractivity contribution in [1.82, 2.24) is 24.6 Å². The molecule has 7 heteroatoms. The molecule has 1 aromatic carbocycles. The van der Waals surface area contributed by atoms with E-state index in [1.807, 2.05) is 6.20 Å². The number of hydrogen-bond acceptors (Lipinski definition) is 3. The van der Waals surface area contributed by atoms with Crippen LogP contribution in [0.15, 0.2) is 36.7 Å². The lowest BCUT2D eigenvalue weighted by Gasteiger charge is -2.08. The number of halogens is 1. The van der Waals surface area contributed by atoms with Crippen LogP contribution < -0.4 is 5.32 Å². The van der Waals surface area contributed by atoms with Crippen LogP contribution in [-0.2, 0) is 19.5 Å². The van der Waals surface area contributed by atoms with Gasteiger partial charge in [-0.15, -0.1) is 0 Å². The molecule has 0 aliphatic carbocycles. The Bertz CT molecular complexity index is 943. The Kier molecular flexibility index (Phi) is 3.83. The van der Waals surface area contributed by atoms with E-state index in [2.05, 4.69) is 20.0 Å². The zero-order valence-corrected chi connectivity index (χ0v) is 13.9. The van der Waals surface area contributed by atoms with Crippen LogP contribution in [0.3, 0.4) is 0 Å². The Morgan fingerprint density at radius 3 is 3.00 bits per heavy atom. The molecule has 0 unspecified atom stereocenters. The quantitative estimate of drug-likeness (QED) is 0.794. The molecule has 0 saturated carbocycles. The third-order valence-electron chi connectivity index (χ3n) is 4.57. The molecule has 25 heavy (non-hydrogen) atoms. The monoisotopic (exact) mass is 339 g/mol. The van der Waals surface area contributed by atoms with Crippen molar-refractivity contribution in [3.8, 4) is 5.69 Å². The molecule has 1 aliphatic rings. The highest BCUT2D eigenvalue weighted by Crippen LogP contribution is 2.18. The number of fused-ring (bicyclic) bond motifs is 1. The second kappa shape index (κ2) is 6.16. The van der Waals surface area contributed by atoms with E-state index in [-0.39, 0.29) is 11.7 Å². The second-order valence-electron chi connectivity index (χ2n) is 6.11. The van der Waals surface area contributed by atoms with E-state index in [1.54, 1.807) is 25.1 Å². The molecule has 0 spiro atoms. The van der Waals surface area contributed by atoms with Crippen molar-refractivity contribution >= 4 is 5.91 Å². The van der Waals surface area contributed by atoms with Crippen molar-refractivity contribution in [3.05, 3.63) is 65.3 Å². The van der Waals surface area contributed by atoms with Crippen molar-refractivity contribution in [3.63, 3.8) is 0 Å². The predicted octanol–water partition coefficient (Wildman–Crippen LogP) is 2.39. The number of hydrogen-bond donors (Lipinski definition) is 1. The van der Waals surface area contributed by atoms with Crippen LogP contribution in [0.1, 0.15) is 34.0 Å².